The highest BCUT2D eigenvalue weighted by Gasteiger charge is 2.26. The van der Waals surface area contributed by atoms with E-state index in [0.717, 1.165) is 22.6 Å². The molecule has 1 aromatic heterocycles. The van der Waals surface area contributed by atoms with E-state index < -0.39 is 56.8 Å². The van der Waals surface area contributed by atoms with Gasteiger partial charge in [-0.2, -0.15) is 0 Å². The second-order valence-corrected chi connectivity index (χ2v) is 7.32. The van der Waals surface area contributed by atoms with Crippen LogP contribution in [0, 0.1) is 29.1 Å². The van der Waals surface area contributed by atoms with Crippen molar-refractivity contribution in [1.29, 1.82) is 0 Å². The van der Waals surface area contributed by atoms with Gasteiger partial charge in [0.15, 0.2) is 23.3 Å². The Morgan fingerprint density at radius 1 is 0.920 bits per heavy atom. The molecule has 0 unspecified atom stereocenters. The topological polar surface area (TPSA) is 59.4 Å². The highest BCUT2D eigenvalue weighted by molar-refractivity contribution is 7.89. The van der Waals surface area contributed by atoms with Crippen molar-refractivity contribution >= 4 is 10.0 Å². The summed E-state index contributed by atoms with van der Waals surface area (Å²) in [6.45, 7) is -1.04. The maximum absolute atomic E-state index is 13.7. The number of aromatic nitrogens is 1. The summed E-state index contributed by atoms with van der Waals surface area (Å²) in [4.78, 5) is 11.4. The number of pyridine rings is 1. The van der Waals surface area contributed by atoms with Crippen molar-refractivity contribution in [3.8, 4) is 0 Å². The quantitative estimate of drug-likeness (QED) is 0.461. The van der Waals surface area contributed by atoms with Gasteiger partial charge in [0, 0.05) is 31.9 Å². The predicted molar refractivity (Wildman–Crippen MR) is 76.9 cm³/mol. The normalized spacial score (nSPS) is 12.0. The maximum atomic E-state index is 13.7. The monoisotopic (exact) mass is 382 g/mol. The van der Waals surface area contributed by atoms with Crippen molar-refractivity contribution in [2.75, 3.05) is 14.1 Å². The van der Waals surface area contributed by atoms with Crippen LogP contribution in [-0.4, -0.2) is 31.4 Å². The molecule has 0 saturated carbocycles. The van der Waals surface area contributed by atoms with Crippen molar-refractivity contribution in [3.63, 3.8) is 0 Å². The Balaban J connectivity index is 2.62. The Hall–Kier alpha value is -2.27. The summed E-state index contributed by atoms with van der Waals surface area (Å²) in [5, 5.41) is 0. The highest BCUT2D eigenvalue weighted by atomic mass is 32.2. The van der Waals surface area contributed by atoms with Gasteiger partial charge in [0.05, 0.1) is 11.4 Å². The van der Waals surface area contributed by atoms with E-state index >= 15 is 0 Å². The highest BCUT2D eigenvalue weighted by Crippen LogP contribution is 2.23. The lowest BCUT2D eigenvalue weighted by Gasteiger charge is -2.14. The molecular formula is C14H11F5N2O3S. The van der Waals surface area contributed by atoms with Crippen molar-refractivity contribution in [1.82, 2.24) is 8.87 Å². The van der Waals surface area contributed by atoms with E-state index in [-0.39, 0.29) is 4.90 Å². The molecule has 2 aromatic rings. The minimum absolute atomic E-state index is 0.388. The molecule has 0 saturated heterocycles. The number of rotatable bonds is 4. The largest absolute Gasteiger partial charge is 0.310 e. The third-order valence-corrected chi connectivity index (χ3v) is 5.16. The van der Waals surface area contributed by atoms with Gasteiger partial charge in [-0.3, -0.25) is 4.79 Å². The van der Waals surface area contributed by atoms with Crippen molar-refractivity contribution < 1.29 is 30.4 Å². The first kappa shape index (κ1) is 19.1. The molecule has 0 spiro atoms. The first-order valence-electron chi connectivity index (χ1n) is 6.61. The number of hydrogen-bond acceptors (Lipinski definition) is 3. The number of benzene rings is 1. The van der Waals surface area contributed by atoms with Crippen LogP contribution in [0.2, 0.25) is 0 Å². The van der Waals surface area contributed by atoms with Crippen LogP contribution < -0.4 is 5.56 Å². The smallest absolute Gasteiger partial charge is 0.250 e. The van der Waals surface area contributed by atoms with Gasteiger partial charge in [-0.15, -0.1) is 0 Å². The van der Waals surface area contributed by atoms with E-state index in [9.17, 15) is 35.2 Å². The fourth-order valence-corrected chi connectivity index (χ4v) is 2.88. The van der Waals surface area contributed by atoms with Gasteiger partial charge < -0.3 is 4.57 Å². The molecule has 0 radical (unpaired) electrons. The molecule has 0 bridgehead atoms. The summed E-state index contributed by atoms with van der Waals surface area (Å²) >= 11 is 0. The van der Waals surface area contributed by atoms with Gasteiger partial charge in [-0.05, 0) is 6.07 Å². The van der Waals surface area contributed by atoms with E-state index in [1.54, 1.807) is 0 Å². The van der Waals surface area contributed by atoms with Gasteiger partial charge >= 0.3 is 0 Å². The van der Waals surface area contributed by atoms with Crippen LogP contribution in [0.5, 0.6) is 0 Å². The molecule has 0 aliphatic rings. The first-order chi connectivity index (χ1) is 11.5. The summed E-state index contributed by atoms with van der Waals surface area (Å²) in [7, 11) is -1.54. The number of halogens is 5. The van der Waals surface area contributed by atoms with Gasteiger partial charge in [0.25, 0.3) is 5.56 Å². The number of sulfonamides is 1. The summed E-state index contributed by atoms with van der Waals surface area (Å²) in [6.07, 6.45) is 0.760. The van der Waals surface area contributed by atoms with Gasteiger partial charge in [-0.25, -0.2) is 34.7 Å². The Morgan fingerprint density at radius 2 is 1.40 bits per heavy atom. The summed E-state index contributed by atoms with van der Waals surface area (Å²) < 4.78 is 92.4. The Bertz CT molecular complexity index is 973. The van der Waals surface area contributed by atoms with Crippen molar-refractivity contribution in [3.05, 3.63) is 63.3 Å². The summed E-state index contributed by atoms with van der Waals surface area (Å²) in [5.41, 5.74) is -2.14. The Morgan fingerprint density at radius 3 is 1.88 bits per heavy atom. The minimum atomic E-state index is -3.97. The number of nitrogens with zero attached hydrogens (tertiary/aromatic N) is 2. The van der Waals surface area contributed by atoms with Crippen molar-refractivity contribution in [2.45, 2.75) is 11.4 Å². The van der Waals surface area contributed by atoms with E-state index in [0.29, 0.717) is 4.57 Å². The van der Waals surface area contributed by atoms with Crippen molar-refractivity contribution in [2.24, 2.45) is 0 Å². The van der Waals surface area contributed by atoms with Crippen LogP contribution in [0.1, 0.15) is 5.56 Å². The van der Waals surface area contributed by atoms with Crippen LogP contribution in [-0.2, 0) is 16.6 Å². The van der Waals surface area contributed by atoms with E-state index in [2.05, 4.69) is 0 Å². The maximum Gasteiger partial charge on any atom is 0.250 e. The van der Waals surface area contributed by atoms with E-state index in [1.165, 1.54) is 14.1 Å². The SMILES string of the molecule is CN(C)S(=O)(=O)c1ccc(=O)n(Cc2c(F)c(F)c(F)c(F)c2F)c1. The minimum Gasteiger partial charge on any atom is -0.310 e. The zero-order chi connectivity index (χ0) is 19.1. The molecule has 0 fully saturated rings. The van der Waals surface area contributed by atoms with Crippen LogP contribution in [0.15, 0.2) is 28.0 Å². The fourth-order valence-electron chi connectivity index (χ4n) is 1.96. The fraction of sp³-hybridized carbons (Fsp3) is 0.214. The molecule has 11 heteroatoms. The van der Waals surface area contributed by atoms with Crippen LogP contribution >= 0.6 is 0 Å². The van der Waals surface area contributed by atoms with Gasteiger partial charge in [-0.1, -0.05) is 0 Å². The lowest BCUT2D eigenvalue weighted by atomic mass is 10.1. The van der Waals surface area contributed by atoms with Crippen LogP contribution in [0.3, 0.4) is 0 Å². The predicted octanol–water partition coefficient (Wildman–Crippen LogP) is 1.84. The van der Waals surface area contributed by atoms with Crippen LogP contribution in [0.25, 0.3) is 0 Å². The number of hydrogen-bond donors (Lipinski definition) is 0. The zero-order valence-electron chi connectivity index (χ0n) is 12.9. The molecule has 0 aliphatic heterocycles. The molecule has 25 heavy (non-hydrogen) atoms. The third kappa shape index (κ3) is 3.29. The molecule has 0 amide bonds. The average molecular weight is 382 g/mol. The Kier molecular flexibility index (Phi) is 5.00. The summed E-state index contributed by atoms with van der Waals surface area (Å²) in [5.74, 6) is -10.8. The molecule has 1 aromatic carbocycles. The second-order valence-electron chi connectivity index (χ2n) is 5.17. The molecule has 1 heterocycles. The third-order valence-electron chi connectivity index (χ3n) is 3.36. The standard InChI is InChI=1S/C14H11F5N2O3S/c1-20(2)25(23,24)7-3-4-9(22)21(5-7)6-8-10(15)12(17)14(19)13(18)11(8)16/h3-5H,6H2,1-2H3. The Labute approximate surface area is 139 Å². The van der Waals surface area contributed by atoms with Gasteiger partial charge in [0.2, 0.25) is 15.8 Å². The molecule has 0 atom stereocenters. The summed E-state index contributed by atoms with van der Waals surface area (Å²) in [6, 6.07) is 1.77. The molecular weight excluding hydrogens is 371 g/mol. The molecule has 0 aliphatic carbocycles. The van der Waals surface area contributed by atoms with E-state index in [1.807, 2.05) is 0 Å². The first-order valence-corrected chi connectivity index (χ1v) is 8.05. The molecule has 2 rings (SSSR count). The second kappa shape index (κ2) is 6.56. The molecule has 5 nitrogen and oxygen atoms in total. The zero-order valence-corrected chi connectivity index (χ0v) is 13.7. The van der Waals surface area contributed by atoms with Crippen LogP contribution in [0.4, 0.5) is 22.0 Å². The lowest BCUT2D eigenvalue weighted by molar-refractivity contribution is 0.367. The van der Waals surface area contributed by atoms with Gasteiger partial charge in [0.1, 0.15) is 0 Å². The molecule has 136 valence electrons. The molecule has 0 N–H and O–H groups in total. The van der Waals surface area contributed by atoms with E-state index in [4.69, 9.17) is 0 Å². The average Bonchev–Trinajstić information content (AvgIpc) is 2.56. The lowest BCUT2D eigenvalue weighted by Crippen LogP contribution is -2.26.